The highest BCUT2D eigenvalue weighted by Crippen LogP contribution is 2.30. The second-order valence-corrected chi connectivity index (χ2v) is 5.50. The third-order valence-corrected chi connectivity index (χ3v) is 3.69. The van der Waals surface area contributed by atoms with Crippen LogP contribution in [0.2, 0.25) is 5.02 Å². The average Bonchev–Trinajstić information content (AvgIpc) is 2.34. The Morgan fingerprint density at radius 2 is 1.94 bits per heavy atom. The number of aromatic nitrogens is 2. The van der Waals surface area contributed by atoms with Crippen molar-refractivity contribution in [1.29, 1.82) is 0 Å². The monoisotopic (exact) mass is 279 g/mol. The van der Waals surface area contributed by atoms with E-state index in [2.05, 4.69) is 9.97 Å². The van der Waals surface area contributed by atoms with E-state index in [1.807, 2.05) is 43.6 Å². The second-order valence-electron chi connectivity index (χ2n) is 4.09. The Hall–Kier alpha value is -1.10. The minimum absolute atomic E-state index is 0.121. The largest absolute Gasteiger partial charge is 0.328 e. The van der Waals surface area contributed by atoms with Crippen LogP contribution in [-0.2, 0) is 6.42 Å². The molecule has 1 unspecified atom stereocenters. The molecular weight excluding hydrogens is 266 g/mol. The van der Waals surface area contributed by atoms with Gasteiger partial charge in [-0.3, -0.25) is 0 Å². The van der Waals surface area contributed by atoms with E-state index < -0.39 is 0 Å². The van der Waals surface area contributed by atoms with Gasteiger partial charge in [-0.1, -0.05) is 23.7 Å². The van der Waals surface area contributed by atoms with Crippen LogP contribution in [0.1, 0.15) is 12.5 Å². The summed E-state index contributed by atoms with van der Waals surface area (Å²) in [6.07, 6.45) is 4.42. The number of nitrogens with zero attached hydrogens (tertiary/aromatic N) is 2. The van der Waals surface area contributed by atoms with Gasteiger partial charge < -0.3 is 5.73 Å². The zero-order valence-corrected chi connectivity index (χ0v) is 11.6. The van der Waals surface area contributed by atoms with E-state index in [0.29, 0.717) is 10.2 Å². The van der Waals surface area contributed by atoms with Gasteiger partial charge in [-0.25, -0.2) is 9.97 Å². The zero-order chi connectivity index (χ0) is 13.0. The van der Waals surface area contributed by atoms with Crippen LogP contribution in [0, 0.1) is 0 Å². The molecule has 0 spiro atoms. The molecule has 0 amide bonds. The van der Waals surface area contributed by atoms with E-state index in [1.165, 1.54) is 11.8 Å². The number of rotatable bonds is 4. The molecular formula is C13H14ClN3S. The topological polar surface area (TPSA) is 51.8 Å². The molecule has 2 aromatic rings. The second kappa shape index (κ2) is 6.18. The molecule has 18 heavy (non-hydrogen) atoms. The third-order valence-electron chi connectivity index (χ3n) is 2.28. The van der Waals surface area contributed by atoms with E-state index >= 15 is 0 Å². The van der Waals surface area contributed by atoms with E-state index in [1.54, 1.807) is 0 Å². The quantitative estimate of drug-likeness (QED) is 0.874. The molecule has 0 aliphatic rings. The minimum atomic E-state index is 0.121. The molecule has 1 atom stereocenters. The maximum atomic E-state index is 6.08. The molecule has 5 heteroatoms. The lowest BCUT2D eigenvalue weighted by Gasteiger charge is -2.05. The molecule has 0 radical (unpaired) electrons. The number of hydrogen-bond acceptors (Lipinski definition) is 4. The van der Waals surface area contributed by atoms with Crippen LogP contribution in [0.4, 0.5) is 0 Å². The van der Waals surface area contributed by atoms with Crippen molar-refractivity contribution in [3.63, 3.8) is 0 Å². The van der Waals surface area contributed by atoms with Gasteiger partial charge in [0.1, 0.15) is 0 Å². The first-order valence-corrected chi connectivity index (χ1v) is 6.83. The Morgan fingerprint density at radius 3 is 2.56 bits per heavy atom. The Bertz CT molecular complexity index is 514. The summed E-state index contributed by atoms with van der Waals surface area (Å²) in [6.45, 7) is 1.96. The lowest BCUT2D eigenvalue weighted by molar-refractivity contribution is 0.727. The summed E-state index contributed by atoms with van der Waals surface area (Å²) < 4.78 is 0. The van der Waals surface area contributed by atoms with Crippen LogP contribution >= 0.6 is 23.4 Å². The Morgan fingerprint density at radius 1 is 1.28 bits per heavy atom. The fraction of sp³-hybridized carbons (Fsp3) is 0.231. The summed E-state index contributed by atoms with van der Waals surface area (Å²) in [4.78, 5) is 9.57. The van der Waals surface area contributed by atoms with Crippen molar-refractivity contribution in [3.8, 4) is 0 Å². The van der Waals surface area contributed by atoms with Crippen LogP contribution in [0.25, 0.3) is 0 Å². The number of nitrogens with two attached hydrogens (primary N) is 1. The summed E-state index contributed by atoms with van der Waals surface area (Å²) in [5.41, 5.74) is 6.78. The zero-order valence-electron chi connectivity index (χ0n) is 10.0. The molecule has 0 saturated carbocycles. The van der Waals surface area contributed by atoms with Gasteiger partial charge in [-0.15, -0.1) is 0 Å². The number of hydrogen-bond donors (Lipinski definition) is 1. The summed E-state index contributed by atoms with van der Waals surface area (Å²) in [5.74, 6) is 0. The van der Waals surface area contributed by atoms with Gasteiger partial charge >= 0.3 is 0 Å². The Balaban J connectivity index is 2.09. The third kappa shape index (κ3) is 3.70. The van der Waals surface area contributed by atoms with Crippen LogP contribution in [0.15, 0.2) is 46.7 Å². The van der Waals surface area contributed by atoms with Gasteiger partial charge in [0.15, 0.2) is 5.16 Å². The molecule has 0 fully saturated rings. The molecule has 2 rings (SSSR count). The first-order chi connectivity index (χ1) is 8.65. The summed E-state index contributed by atoms with van der Waals surface area (Å²) in [7, 11) is 0. The molecule has 3 nitrogen and oxygen atoms in total. The van der Waals surface area contributed by atoms with Crippen molar-refractivity contribution in [3.05, 3.63) is 47.2 Å². The predicted octanol–water partition coefficient (Wildman–Crippen LogP) is 3.17. The molecule has 1 aromatic heterocycles. The molecule has 94 valence electrons. The standard InChI is InChI=1S/C13H14ClN3S/c1-9(15)6-10-7-16-13(17-8-10)18-12-5-3-2-4-11(12)14/h2-5,7-9H,6,15H2,1H3. The van der Waals surface area contributed by atoms with Crippen LogP contribution in [0.5, 0.6) is 0 Å². The molecule has 0 bridgehead atoms. The minimum Gasteiger partial charge on any atom is -0.328 e. The smallest absolute Gasteiger partial charge is 0.192 e. The van der Waals surface area contributed by atoms with E-state index in [-0.39, 0.29) is 6.04 Å². The van der Waals surface area contributed by atoms with Crippen molar-refractivity contribution in [1.82, 2.24) is 9.97 Å². The van der Waals surface area contributed by atoms with Crippen molar-refractivity contribution < 1.29 is 0 Å². The molecule has 0 aliphatic carbocycles. The molecule has 0 saturated heterocycles. The number of benzene rings is 1. The fourth-order valence-electron chi connectivity index (χ4n) is 1.50. The summed E-state index contributed by atoms with van der Waals surface area (Å²) in [6, 6.07) is 7.77. The highest BCUT2D eigenvalue weighted by molar-refractivity contribution is 7.99. The maximum absolute atomic E-state index is 6.08. The highest BCUT2D eigenvalue weighted by Gasteiger charge is 2.05. The first kappa shape index (κ1) is 13.3. The summed E-state index contributed by atoms with van der Waals surface area (Å²) >= 11 is 7.54. The lowest BCUT2D eigenvalue weighted by Crippen LogP contribution is -2.17. The normalized spacial score (nSPS) is 12.4. The fourth-order valence-corrected chi connectivity index (χ4v) is 2.47. The average molecular weight is 280 g/mol. The van der Waals surface area contributed by atoms with Gasteiger partial charge in [0.05, 0.1) is 5.02 Å². The SMILES string of the molecule is CC(N)Cc1cnc(Sc2ccccc2Cl)nc1. The van der Waals surface area contributed by atoms with Gasteiger partial charge in [0, 0.05) is 23.3 Å². The molecule has 1 heterocycles. The van der Waals surface area contributed by atoms with E-state index in [4.69, 9.17) is 17.3 Å². The first-order valence-electron chi connectivity index (χ1n) is 5.64. The van der Waals surface area contributed by atoms with E-state index in [9.17, 15) is 0 Å². The lowest BCUT2D eigenvalue weighted by atomic mass is 10.1. The van der Waals surface area contributed by atoms with Crippen molar-refractivity contribution >= 4 is 23.4 Å². The molecule has 1 aromatic carbocycles. The van der Waals surface area contributed by atoms with Crippen molar-refractivity contribution in [2.24, 2.45) is 5.73 Å². The van der Waals surface area contributed by atoms with Crippen LogP contribution < -0.4 is 5.73 Å². The maximum Gasteiger partial charge on any atom is 0.192 e. The van der Waals surface area contributed by atoms with Crippen LogP contribution in [0.3, 0.4) is 0 Å². The Kier molecular flexibility index (Phi) is 4.58. The van der Waals surface area contributed by atoms with Gasteiger partial charge in [-0.05, 0) is 42.8 Å². The Labute approximate surface area is 116 Å². The van der Waals surface area contributed by atoms with Crippen molar-refractivity contribution in [2.75, 3.05) is 0 Å². The summed E-state index contributed by atoms with van der Waals surface area (Å²) in [5, 5.41) is 1.40. The highest BCUT2D eigenvalue weighted by atomic mass is 35.5. The predicted molar refractivity (Wildman–Crippen MR) is 75.0 cm³/mol. The van der Waals surface area contributed by atoms with E-state index in [0.717, 1.165) is 16.9 Å². The van der Waals surface area contributed by atoms with Gasteiger partial charge in [-0.2, -0.15) is 0 Å². The van der Waals surface area contributed by atoms with Gasteiger partial charge in [0.25, 0.3) is 0 Å². The molecule has 0 aliphatic heterocycles. The van der Waals surface area contributed by atoms with Crippen molar-refractivity contribution in [2.45, 2.75) is 29.4 Å². The number of halogens is 1. The van der Waals surface area contributed by atoms with Crippen LogP contribution in [-0.4, -0.2) is 16.0 Å². The van der Waals surface area contributed by atoms with Gasteiger partial charge in [0.2, 0.25) is 0 Å². The molecule has 2 N–H and O–H groups in total.